The molecule has 0 unspecified atom stereocenters. The third kappa shape index (κ3) is 4.04. The Hall–Kier alpha value is -1.39. The van der Waals surface area contributed by atoms with Gasteiger partial charge >= 0.3 is 5.97 Å². The minimum absolute atomic E-state index is 0.0981. The van der Waals surface area contributed by atoms with Crippen LogP contribution in [0.15, 0.2) is 42.1 Å². The van der Waals surface area contributed by atoms with Crippen molar-refractivity contribution in [2.45, 2.75) is 26.1 Å². The molecule has 0 heterocycles. The second-order valence-corrected chi connectivity index (χ2v) is 9.66. The van der Waals surface area contributed by atoms with E-state index in [0.29, 0.717) is 0 Å². The number of hydrogen-bond acceptors (Lipinski definition) is 3. The van der Waals surface area contributed by atoms with Gasteiger partial charge in [-0.2, -0.15) is 0 Å². The first kappa shape index (κ1) is 15.7. The van der Waals surface area contributed by atoms with Crippen LogP contribution < -0.4 is 10.5 Å². The Morgan fingerprint density at radius 3 is 2.47 bits per heavy atom. The molecule has 0 bridgehead atoms. The molecule has 0 spiro atoms. The molecule has 0 aliphatic carbocycles. The van der Waals surface area contributed by atoms with E-state index >= 15 is 0 Å². The van der Waals surface area contributed by atoms with Crippen molar-refractivity contribution in [1.29, 1.82) is 0 Å². The Bertz CT molecular complexity index is 443. The lowest BCUT2D eigenvalue weighted by molar-refractivity contribution is -0.139. The minimum Gasteiger partial charge on any atom is -0.468 e. The number of nitrogens with one attached hydrogen (secondary N) is 1. The fourth-order valence-corrected chi connectivity index (χ4v) is 4.59. The van der Waals surface area contributed by atoms with Crippen LogP contribution in [0.2, 0.25) is 13.1 Å². The second kappa shape index (κ2) is 6.68. The number of carbonyl (C=O) groups is 1. The second-order valence-electron chi connectivity index (χ2n) is 5.19. The molecule has 0 aliphatic rings. The molecule has 104 valence electrons. The van der Waals surface area contributed by atoms with Gasteiger partial charge in [0.05, 0.1) is 13.7 Å². The van der Waals surface area contributed by atoms with Crippen LogP contribution in [0.1, 0.15) is 6.92 Å². The largest absolute Gasteiger partial charge is 0.468 e. The highest BCUT2D eigenvalue weighted by atomic mass is 28.3. The summed E-state index contributed by atoms with van der Waals surface area (Å²) in [5.74, 6) is -0.251. The fourth-order valence-electron chi connectivity index (χ4n) is 2.01. The maximum absolute atomic E-state index is 11.2. The molecular weight excluding hydrogens is 254 g/mol. The van der Waals surface area contributed by atoms with Crippen molar-refractivity contribution < 1.29 is 9.53 Å². The molecule has 0 aromatic heterocycles. The van der Waals surface area contributed by atoms with E-state index in [2.05, 4.69) is 54.0 Å². The maximum atomic E-state index is 11.2. The van der Waals surface area contributed by atoms with Crippen molar-refractivity contribution in [3.8, 4) is 0 Å². The predicted octanol–water partition coefficient (Wildman–Crippen LogP) is 1.85. The summed E-state index contributed by atoms with van der Waals surface area (Å²) < 4.78 is 4.63. The van der Waals surface area contributed by atoms with Crippen LogP contribution in [0, 0.1) is 0 Å². The van der Waals surface area contributed by atoms with Crippen LogP contribution >= 0.6 is 0 Å². The van der Waals surface area contributed by atoms with Gasteiger partial charge in [0.15, 0.2) is 0 Å². The predicted molar refractivity (Wildman–Crippen MR) is 82.2 cm³/mol. The van der Waals surface area contributed by atoms with E-state index in [4.69, 9.17) is 0 Å². The van der Waals surface area contributed by atoms with Gasteiger partial charge in [-0.15, -0.1) is 6.58 Å². The Kier molecular flexibility index (Phi) is 5.51. The van der Waals surface area contributed by atoms with Crippen molar-refractivity contribution in [1.82, 2.24) is 5.32 Å². The molecule has 19 heavy (non-hydrogen) atoms. The molecule has 0 fully saturated rings. The molecule has 4 heteroatoms. The van der Waals surface area contributed by atoms with Crippen LogP contribution in [-0.2, 0) is 9.53 Å². The van der Waals surface area contributed by atoms with Crippen molar-refractivity contribution in [2.75, 3.05) is 13.7 Å². The summed E-state index contributed by atoms with van der Waals surface area (Å²) in [6, 6.07) is 10.6. The summed E-state index contributed by atoms with van der Waals surface area (Å²) >= 11 is 0. The van der Waals surface area contributed by atoms with E-state index in [1.165, 1.54) is 17.5 Å². The summed E-state index contributed by atoms with van der Waals surface area (Å²) in [6.45, 7) is 11.1. The Morgan fingerprint density at radius 2 is 1.95 bits per heavy atom. The highest BCUT2D eigenvalue weighted by Gasteiger charge is 2.29. The third-order valence-corrected chi connectivity index (χ3v) is 7.42. The van der Waals surface area contributed by atoms with Gasteiger partial charge in [-0.3, -0.25) is 4.79 Å². The van der Waals surface area contributed by atoms with Gasteiger partial charge in [0, 0.05) is 6.04 Å². The Balaban J connectivity index is 2.73. The molecular formula is C15H23NO2Si. The first-order chi connectivity index (χ1) is 8.89. The first-order valence-corrected chi connectivity index (χ1v) is 9.44. The van der Waals surface area contributed by atoms with Crippen molar-refractivity contribution in [3.63, 3.8) is 0 Å². The quantitative estimate of drug-likeness (QED) is 0.637. The number of methoxy groups -OCH3 is 1. The summed E-state index contributed by atoms with van der Waals surface area (Å²) in [7, 11) is -0.342. The lowest BCUT2D eigenvalue weighted by Crippen LogP contribution is -2.50. The van der Waals surface area contributed by atoms with Crippen molar-refractivity contribution >= 4 is 19.2 Å². The summed E-state index contributed by atoms with van der Waals surface area (Å²) in [6.07, 6.45) is 0. The zero-order valence-corrected chi connectivity index (χ0v) is 13.2. The van der Waals surface area contributed by atoms with Gasteiger partial charge in [0.25, 0.3) is 0 Å². The molecule has 0 radical (unpaired) electrons. The van der Waals surface area contributed by atoms with E-state index in [-0.39, 0.29) is 18.6 Å². The molecule has 1 rings (SSSR count). The average molecular weight is 277 g/mol. The van der Waals surface area contributed by atoms with Gasteiger partial charge in [0.2, 0.25) is 0 Å². The van der Waals surface area contributed by atoms with E-state index in [1.807, 2.05) is 13.0 Å². The van der Waals surface area contributed by atoms with Gasteiger partial charge in [-0.1, -0.05) is 53.8 Å². The van der Waals surface area contributed by atoms with Crippen molar-refractivity contribution in [3.05, 3.63) is 42.1 Å². The van der Waals surface area contributed by atoms with E-state index in [0.717, 1.165) is 0 Å². The molecule has 1 aromatic carbocycles. The van der Waals surface area contributed by atoms with E-state index in [1.54, 1.807) is 0 Å². The lowest BCUT2D eigenvalue weighted by atomic mass is 10.3. The monoisotopic (exact) mass is 277 g/mol. The maximum Gasteiger partial charge on any atom is 0.319 e. The van der Waals surface area contributed by atoms with Crippen LogP contribution in [0.25, 0.3) is 0 Å². The zero-order valence-electron chi connectivity index (χ0n) is 12.2. The normalized spacial score (nSPS) is 12.8. The number of hydrogen-bond donors (Lipinski definition) is 1. The summed E-state index contributed by atoms with van der Waals surface area (Å²) in [5, 5.41) is 5.71. The molecule has 0 aliphatic heterocycles. The fraction of sp³-hybridized carbons (Fsp3) is 0.400. The van der Waals surface area contributed by atoms with Crippen molar-refractivity contribution in [2.24, 2.45) is 0 Å². The topological polar surface area (TPSA) is 38.3 Å². The highest BCUT2D eigenvalue weighted by molar-refractivity contribution is 6.95. The Morgan fingerprint density at radius 1 is 1.37 bits per heavy atom. The molecule has 1 aromatic rings. The van der Waals surface area contributed by atoms with E-state index < -0.39 is 8.07 Å². The summed E-state index contributed by atoms with van der Waals surface area (Å²) in [5.41, 5.74) is 0. The standard InChI is InChI=1S/C15H23NO2Si/c1-12(16-11-15(17)18-3)13(2)19(4,5)14-9-7-6-8-10-14/h6-10,12,16H,2,11H2,1,3-5H3/t12-/m0/s1. The van der Waals surface area contributed by atoms with E-state index in [9.17, 15) is 4.79 Å². The van der Waals surface area contributed by atoms with Crippen LogP contribution in [0.3, 0.4) is 0 Å². The lowest BCUT2D eigenvalue weighted by Gasteiger charge is -2.30. The highest BCUT2D eigenvalue weighted by Crippen LogP contribution is 2.16. The van der Waals surface area contributed by atoms with Crippen LogP contribution in [0.5, 0.6) is 0 Å². The SMILES string of the molecule is C=C([C@H](C)NCC(=O)OC)[Si](C)(C)c1ccccc1. The smallest absolute Gasteiger partial charge is 0.319 e. The van der Waals surface area contributed by atoms with Crippen LogP contribution in [0.4, 0.5) is 0 Å². The summed E-state index contributed by atoms with van der Waals surface area (Å²) in [4.78, 5) is 11.2. The van der Waals surface area contributed by atoms with Gasteiger partial charge in [-0.05, 0) is 6.92 Å². The molecule has 1 N–H and O–H groups in total. The minimum atomic E-state index is -1.74. The number of rotatable bonds is 6. The molecule has 1 atom stereocenters. The number of esters is 1. The first-order valence-electron chi connectivity index (χ1n) is 6.44. The van der Waals surface area contributed by atoms with Gasteiger partial charge in [0.1, 0.15) is 8.07 Å². The molecule has 0 amide bonds. The van der Waals surface area contributed by atoms with Gasteiger partial charge < -0.3 is 10.1 Å². The number of ether oxygens (including phenoxy) is 1. The molecule has 0 saturated heterocycles. The Labute approximate surface area is 116 Å². The van der Waals surface area contributed by atoms with Crippen LogP contribution in [-0.4, -0.2) is 33.7 Å². The molecule has 3 nitrogen and oxygen atoms in total. The number of benzene rings is 1. The number of carbonyl (C=O) groups excluding carboxylic acids is 1. The zero-order chi connectivity index (χ0) is 14.5. The third-order valence-electron chi connectivity index (χ3n) is 3.60. The van der Waals surface area contributed by atoms with Gasteiger partial charge in [-0.25, -0.2) is 0 Å². The average Bonchev–Trinajstić information content (AvgIpc) is 2.44. The molecule has 0 saturated carbocycles.